The molecule has 8 nitrogen and oxygen atoms in total. The highest BCUT2D eigenvalue weighted by molar-refractivity contribution is 7.16. The molecule has 0 saturated carbocycles. The molecule has 0 aliphatic heterocycles. The van der Waals surface area contributed by atoms with Crippen LogP contribution in [0.1, 0.15) is 45.4 Å². The molecule has 1 amide bonds. The summed E-state index contributed by atoms with van der Waals surface area (Å²) in [7, 11) is 1.16. The zero-order valence-corrected chi connectivity index (χ0v) is 17.4. The molecule has 9 heteroatoms. The van der Waals surface area contributed by atoms with Crippen molar-refractivity contribution in [1.29, 1.82) is 0 Å². The van der Waals surface area contributed by atoms with Crippen LogP contribution in [-0.4, -0.2) is 28.9 Å². The van der Waals surface area contributed by atoms with Gasteiger partial charge in [-0.05, 0) is 12.0 Å². The van der Waals surface area contributed by atoms with E-state index in [4.69, 9.17) is 0 Å². The van der Waals surface area contributed by atoms with Gasteiger partial charge in [0.1, 0.15) is 0 Å². The molecule has 30 heavy (non-hydrogen) atoms. The van der Waals surface area contributed by atoms with Gasteiger partial charge in [0.25, 0.3) is 11.6 Å². The quantitative estimate of drug-likeness (QED) is 0.342. The Hall–Kier alpha value is -3.59. The molecule has 0 unspecified atom stereocenters. The van der Waals surface area contributed by atoms with Gasteiger partial charge in [0, 0.05) is 28.1 Å². The lowest BCUT2D eigenvalue weighted by atomic mass is 10.1. The first-order chi connectivity index (χ1) is 14.3. The van der Waals surface area contributed by atoms with Crippen molar-refractivity contribution in [2.45, 2.75) is 19.8 Å². The van der Waals surface area contributed by atoms with Crippen molar-refractivity contribution < 1.29 is 19.2 Å². The van der Waals surface area contributed by atoms with Gasteiger partial charge in [-0.1, -0.05) is 44.2 Å². The zero-order chi connectivity index (χ0) is 21.8. The monoisotopic (exact) mass is 425 g/mol. The second-order valence-electron chi connectivity index (χ2n) is 6.72. The summed E-state index contributed by atoms with van der Waals surface area (Å²) in [5, 5.41) is 14.2. The molecule has 0 fully saturated rings. The Bertz CT molecular complexity index is 1110. The Kier molecular flexibility index (Phi) is 6.22. The average molecular weight is 425 g/mol. The van der Waals surface area contributed by atoms with Crippen LogP contribution in [0, 0.1) is 10.1 Å². The summed E-state index contributed by atoms with van der Waals surface area (Å²) in [5.74, 6) is -1.19. The van der Waals surface area contributed by atoms with E-state index in [9.17, 15) is 19.7 Å². The first kappa shape index (κ1) is 21.1. The fraction of sp³-hybridized carbons (Fsp3) is 0.190. The minimum atomic E-state index is -0.768. The number of nitro benzene ring substituents is 1. The van der Waals surface area contributed by atoms with Crippen LogP contribution in [-0.2, 0) is 4.74 Å². The molecule has 0 aliphatic carbocycles. The second kappa shape index (κ2) is 8.83. The number of rotatable bonds is 6. The van der Waals surface area contributed by atoms with Crippen LogP contribution in [0.3, 0.4) is 0 Å². The fourth-order valence-corrected chi connectivity index (χ4v) is 3.82. The summed E-state index contributed by atoms with van der Waals surface area (Å²) in [6.07, 6.45) is 0. The van der Waals surface area contributed by atoms with Gasteiger partial charge in [0.15, 0.2) is 5.13 Å². The van der Waals surface area contributed by atoms with Crippen LogP contribution in [0.4, 0.5) is 10.8 Å². The van der Waals surface area contributed by atoms with Crippen molar-refractivity contribution in [3.63, 3.8) is 0 Å². The molecule has 0 aliphatic rings. The molecule has 3 rings (SSSR count). The lowest BCUT2D eigenvalue weighted by molar-refractivity contribution is -0.384. The van der Waals surface area contributed by atoms with E-state index in [1.165, 1.54) is 17.4 Å². The maximum absolute atomic E-state index is 12.8. The number of aromatic nitrogens is 1. The molecular weight excluding hydrogens is 406 g/mol. The molecule has 1 aromatic heterocycles. The van der Waals surface area contributed by atoms with Crippen LogP contribution in [0.5, 0.6) is 0 Å². The number of benzene rings is 2. The molecule has 0 atom stereocenters. The van der Waals surface area contributed by atoms with Gasteiger partial charge in [-0.25, -0.2) is 9.78 Å². The van der Waals surface area contributed by atoms with E-state index in [1.807, 2.05) is 44.2 Å². The Labute approximate surface area is 176 Å². The highest BCUT2D eigenvalue weighted by atomic mass is 32.1. The smallest absolute Gasteiger partial charge is 0.338 e. The number of nitrogens with one attached hydrogen (secondary N) is 1. The maximum Gasteiger partial charge on any atom is 0.338 e. The zero-order valence-electron chi connectivity index (χ0n) is 16.5. The molecule has 3 aromatic rings. The van der Waals surface area contributed by atoms with E-state index in [0.717, 1.165) is 35.4 Å². The van der Waals surface area contributed by atoms with Crippen molar-refractivity contribution in [2.75, 3.05) is 12.4 Å². The van der Waals surface area contributed by atoms with Crippen molar-refractivity contribution in [3.05, 3.63) is 74.6 Å². The normalized spacial score (nSPS) is 10.7. The second-order valence-corrected chi connectivity index (χ2v) is 7.75. The summed E-state index contributed by atoms with van der Waals surface area (Å²) < 4.78 is 4.61. The Morgan fingerprint density at radius 1 is 1.13 bits per heavy atom. The molecule has 0 saturated heterocycles. The van der Waals surface area contributed by atoms with Gasteiger partial charge in [-0.15, -0.1) is 11.3 Å². The third-order valence-electron chi connectivity index (χ3n) is 4.26. The Balaban J connectivity index is 1.95. The molecule has 154 valence electrons. The number of anilines is 1. The summed E-state index contributed by atoms with van der Waals surface area (Å²) in [5.41, 5.74) is 1.22. The number of nitrogens with zero attached hydrogens (tertiary/aromatic N) is 2. The van der Waals surface area contributed by atoms with Crippen LogP contribution in [0.2, 0.25) is 0 Å². The van der Waals surface area contributed by atoms with Gasteiger partial charge >= 0.3 is 5.97 Å². The predicted molar refractivity (Wildman–Crippen MR) is 114 cm³/mol. The standard InChI is InChI=1S/C21H19N3O5S/c1-12(2)18-17(13-7-5-4-6-8-13)22-21(30-18)23-19(25)14-9-15(20(26)29-3)11-16(10-14)24(27)28/h4-12H,1-3H3,(H,22,23,25). The number of nitro groups is 1. The SMILES string of the molecule is COC(=O)c1cc(C(=O)Nc2nc(-c3ccccc3)c(C(C)C)s2)cc([N+](=O)[O-])c1. The Morgan fingerprint density at radius 3 is 2.40 bits per heavy atom. The highest BCUT2D eigenvalue weighted by Crippen LogP contribution is 2.36. The van der Waals surface area contributed by atoms with Crippen molar-refractivity contribution in [2.24, 2.45) is 0 Å². The molecule has 0 bridgehead atoms. The summed E-state index contributed by atoms with van der Waals surface area (Å²) in [4.78, 5) is 40.7. The molecule has 1 heterocycles. The van der Waals surface area contributed by atoms with Gasteiger partial charge < -0.3 is 4.74 Å². The van der Waals surface area contributed by atoms with E-state index < -0.39 is 16.8 Å². The van der Waals surface area contributed by atoms with Gasteiger partial charge in [-0.2, -0.15) is 0 Å². The van der Waals surface area contributed by atoms with Crippen LogP contribution in [0.25, 0.3) is 11.3 Å². The minimum absolute atomic E-state index is 0.0350. The number of esters is 1. The molecule has 0 spiro atoms. The number of carbonyl (C=O) groups is 2. The topological polar surface area (TPSA) is 111 Å². The number of ether oxygens (including phenoxy) is 1. The van der Waals surface area contributed by atoms with E-state index >= 15 is 0 Å². The first-order valence-corrected chi connectivity index (χ1v) is 9.87. The lowest BCUT2D eigenvalue weighted by Crippen LogP contribution is -2.13. The third-order valence-corrected chi connectivity index (χ3v) is 5.53. The van der Waals surface area contributed by atoms with Crippen molar-refractivity contribution in [1.82, 2.24) is 4.98 Å². The number of hydrogen-bond donors (Lipinski definition) is 1. The van der Waals surface area contributed by atoms with Crippen LogP contribution < -0.4 is 5.32 Å². The molecular formula is C21H19N3O5S. The molecule has 0 radical (unpaired) electrons. The lowest BCUT2D eigenvalue weighted by Gasteiger charge is -2.05. The summed E-state index contributed by atoms with van der Waals surface area (Å²) in [6, 6.07) is 13.0. The van der Waals surface area contributed by atoms with Gasteiger partial charge in [0.05, 0.1) is 23.3 Å². The first-order valence-electron chi connectivity index (χ1n) is 9.05. The van der Waals surface area contributed by atoms with Crippen LogP contribution >= 0.6 is 11.3 Å². The predicted octanol–water partition coefficient (Wildman–Crippen LogP) is 4.88. The number of non-ortho nitro benzene ring substituents is 1. The van der Waals surface area contributed by atoms with Crippen LogP contribution in [0.15, 0.2) is 48.5 Å². The third kappa shape index (κ3) is 4.52. The fourth-order valence-electron chi connectivity index (χ4n) is 2.83. The van der Waals surface area contributed by atoms with Crippen molar-refractivity contribution >= 4 is 34.0 Å². The van der Waals surface area contributed by atoms with Gasteiger partial charge in [0.2, 0.25) is 0 Å². The van der Waals surface area contributed by atoms with Gasteiger partial charge in [-0.3, -0.25) is 20.2 Å². The molecule has 2 aromatic carbocycles. The average Bonchev–Trinajstić information content (AvgIpc) is 3.17. The largest absolute Gasteiger partial charge is 0.465 e. The number of thiazole rings is 1. The summed E-state index contributed by atoms with van der Waals surface area (Å²) >= 11 is 1.34. The van der Waals surface area contributed by atoms with E-state index in [2.05, 4.69) is 15.0 Å². The van der Waals surface area contributed by atoms with Crippen molar-refractivity contribution in [3.8, 4) is 11.3 Å². The number of methoxy groups -OCH3 is 1. The van der Waals surface area contributed by atoms with E-state index in [1.54, 1.807) is 0 Å². The summed E-state index contributed by atoms with van der Waals surface area (Å²) in [6.45, 7) is 4.07. The number of hydrogen-bond acceptors (Lipinski definition) is 7. The van der Waals surface area contributed by atoms with E-state index in [-0.39, 0.29) is 22.7 Å². The number of carbonyl (C=O) groups excluding carboxylic acids is 2. The van der Waals surface area contributed by atoms with E-state index in [0.29, 0.717) is 5.13 Å². The minimum Gasteiger partial charge on any atom is -0.465 e. The molecule has 1 N–H and O–H groups in total. The number of amides is 1. The Morgan fingerprint density at radius 2 is 1.80 bits per heavy atom. The maximum atomic E-state index is 12.8. The highest BCUT2D eigenvalue weighted by Gasteiger charge is 2.21.